The van der Waals surface area contributed by atoms with Crippen molar-refractivity contribution in [2.75, 3.05) is 11.1 Å². The molecular formula is C26H25N7O2S. The average molecular weight is 500 g/mol. The van der Waals surface area contributed by atoms with Crippen LogP contribution in [0.5, 0.6) is 0 Å². The largest absolute Gasteiger partial charge is 0.325 e. The van der Waals surface area contributed by atoms with E-state index in [1.165, 1.54) is 22.9 Å². The van der Waals surface area contributed by atoms with Gasteiger partial charge in [-0.15, -0.1) is 10.2 Å². The Balaban J connectivity index is 1.46. The smallest absolute Gasteiger partial charge is 0.323 e. The maximum atomic E-state index is 12.8. The van der Waals surface area contributed by atoms with E-state index in [9.17, 15) is 9.59 Å². The number of hydrogen-bond acceptors (Lipinski definition) is 6. The van der Waals surface area contributed by atoms with Gasteiger partial charge in [-0.2, -0.15) is 0 Å². The number of H-pyrrole nitrogens is 2. The van der Waals surface area contributed by atoms with Crippen molar-refractivity contribution >= 4 is 34.4 Å². The summed E-state index contributed by atoms with van der Waals surface area (Å²) >= 11 is 1.32. The van der Waals surface area contributed by atoms with Crippen molar-refractivity contribution in [1.29, 1.82) is 0 Å². The van der Waals surface area contributed by atoms with E-state index in [0.717, 1.165) is 24.1 Å². The second-order valence-corrected chi connectivity index (χ2v) is 9.13. The fourth-order valence-corrected chi connectivity index (χ4v) is 4.92. The minimum atomic E-state index is -0.286. The molecule has 0 atom stereocenters. The van der Waals surface area contributed by atoms with Crippen LogP contribution in [0.15, 0.2) is 70.9 Å². The van der Waals surface area contributed by atoms with Gasteiger partial charge in [-0.05, 0) is 54.3 Å². The first-order chi connectivity index (χ1) is 17.6. The lowest BCUT2D eigenvalue weighted by Crippen LogP contribution is -2.15. The Morgan fingerprint density at radius 2 is 1.78 bits per heavy atom. The summed E-state index contributed by atoms with van der Waals surface area (Å²) < 4.78 is 2.04. The van der Waals surface area contributed by atoms with Crippen molar-refractivity contribution in [2.24, 2.45) is 0 Å². The number of rotatable bonds is 8. The summed E-state index contributed by atoms with van der Waals surface area (Å²) in [4.78, 5) is 34.0. The number of amides is 1. The van der Waals surface area contributed by atoms with E-state index in [1.807, 2.05) is 16.7 Å². The van der Waals surface area contributed by atoms with Gasteiger partial charge in [0.1, 0.15) is 0 Å². The molecule has 0 fully saturated rings. The number of aromatic nitrogens is 6. The zero-order valence-electron chi connectivity index (χ0n) is 19.9. The molecule has 0 saturated carbocycles. The Morgan fingerprint density at radius 3 is 2.50 bits per heavy atom. The maximum Gasteiger partial charge on any atom is 0.323 e. The number of para-hydroxylation sites is 1. The fourth-order valence-electron chi connectivity index (χ4n) is 4.19. The van der Waals surface area contributed by atoms with Crippen LogP contribution in [-0.2, 0) is 17.6 Å². The number of carbonyl (C=O) groups excluding carboxylic acids is 1. The summed E-state index contributed by atoms with van der Waals surface area (Å²) in [6, 6.07) is 15.4. The Bertz CT molecular complexity index is 1560. The monoisotopic (exact) mass is 499 g/mol. The van der Waals surface area contributed by atoms with Crippen LogP contribution in [0.3, 0.4) is 0 Å². The molecule has 1 amide bonds. The fraction of sp³-hybridized carbons (Fsp3) is 0.192. The van der Waals surface area contributed by atoms with Crippen LogP contribution < -0.4 is 11.0 Å². The number of hydrogen-bond donors (Lipinski definition) is 3. The normalized spacial score (nSPS) is 11.2. The first-order valence-corrected chi connectivity index (χ1v) is 12.7. The third-order valence-electron chi connectivity index (χ3n) is 5.87. The molecule has 0 aliphatic heterocycles. The number of aromatic amines is 2. The van der Waals surface area contributed by atoms with Crippen molar-refractivity contribution in [1.82, 2.24) is 29.7 Å². The Morgan fingerprint density at radius 1 is 1.00 bits per heavy atom. The quantitative estimate of drug-likeness (QED) is 0.273. The zero-order chi connectivity index (χ0) is 25.1. The number of benzene rings is 2. The highest BCUT2D eigenvalue weighted by Crippen LogP contribution is 2.32. The molecule has 0 aliphatic rings. The molecule has 5 rings (SSSR count). The standard InChI is InChI=1S/C26H25N7O2S/c1-3-16-7-5-8-17(4-2)23(16)33-24(18-9-6-12-27-14-18)31-32-26(33)36-15-22(34)28-19-10-11-20-21(13-19)30-25(35)29-20/h5-14H,3-4,15H2,1-2H3,(H,28,34)(H2,29,30,35). The van der Waals surface area contributed by atoms with Gasteiger partial charge in [-0.25, -0.2) is 4.79 Å². The molecule has 10 heteroatoms. The van der Waals surface area contributed by atoms with Gasteiger partial charge < -0.3 is 15.3 Å². The molecule has 182 valence electrons. The number of anilines is 1. The number of nitrogens with zero attached hydrogens (tertiary/aromatic N) is 4. The van der Waals surface area contributed by atoms with Gasteiger partial charge >= 0.3 is 5.69 Å². The lowest BCUT2D eigenvalue weighted by atomic mass is 10.0. The van der Waals surface area contributed by atoms with Crippen molar-refractivity contribution in [3.63, 3.8) is 0 Å². The maximum absolute atomic E-state index is 12.8. The lowest BCUT2D eigenvalue weighted by Gasteiger charge is -2.18. The van der Waals surface area contributed by atoms with E-state index < -0.39 is 0 Å². The van der Waals surface area contributed by atoms with Crippen LogP contribution in [0.4, 0.5) is 5.69 Å². The van der Waals surface area contributed by atoms with Crippen LogP contribution in [0, 0.1) is 0 Å². The van der Waals surface area contributed by atoms with Crippen molar-refractivity contribution in [3.05, 3.63) is 82.5 Å². The minimum Gasteiger partial charge on any atom is -0.325 e. The molecule has 0 aliphatic carbocycles. The minimum absolute atomic E-state index is 0.141. The van der Waals surface area contributed by atoms with E-state index >= 15 is 0 Å². The molecule has 0 unspecified atom stereocenters. The average Bonchev–Trinajstić information content (AvgIpc) is 3.49. The van der Waals surface area contributed by atoms with Crippen LogP contribution in [0.1, 0.15) is 25.0 Å². The van der Waals surface area contributed by atoms with Gasteiger partial charge in [0, 0.05) is 23.6 Å². The topological polar surface area (TPSA) is 121 Å². The highest BCUT2D eigenvalue weighted by Gasteiger charge is 2.21. The Hall–Kier alpha value is -4.18. The van der Waals surface area contributed by atoms with Gasteiger partial charge in [0.05, 0.1) is 22.5 Å². The number of pyridine rings is 1. The van der Waals surface area contributed by atoms with Crippen LogP contribution in [0.25, 0.3) is 28.1 Å². The third kappa shape index (κ3) is 4.67. The Kier molecular flexibility index (Phi) is 6.68. The number of aryl methyl sites for hydroxylation is 2. The summed E-state index contributed by atoms with van der Waals surface area (Å²) in [5.74, 6) is 0.639. The first kappa shape index (κ1) is 23.6. The van der Waals surface area contributed by atoms with Gasteiger partial charge in [-0.1, -0.05) is 43.8 Å². The summed E-state index contributed by atoms with van der Waals surface area (Å²) in [5, 5.41) is 12.5. The van der Waals surface area contributed by atoms with Crippen LogP contribution in [0.2, 0.25) is 0 Å². The van der Waals surface area contributed by atoms with E-state index in [2.05, 4.69) is 62.5 Å². The molecule has 3 aromatic heterocycles. The van der Waals surface area contributed by atoms with Gasteiger partial charge in [0.15, 0.2) is 11.0 Å². The number of carbonyl (C=O) groups is 1. The summed E-state index contributed by atoms with van der Waals surface area (Å²) in [5.41, 5.74) is 5.90. The molecule has 36 heavy (non-hydrogen) atoms. The molecule has 2 aromatic carbocycles. The van der Waals surface area contributed by atoms with E-state index in [4.69, 9.17) is 0 Å². The Labute approximate surface area is 211 Å². The SMILES string of the molecule is CCc1cccc(CC)c1-n1c(SCC(=O)Nc2ccc3[nH]c(=O)[nH]c3c2)nnc1-c1cccnc1. The molecule has 9 nitrogen and oxygen atoms in total. The van der Waals surface area contributed by atoms with Gasteiger partial charge in [0.25, 0.3) is 0 Å². The molecule has 0 saturated heterocycles. The highest BCUT2D eigenvalue weighted by molar-refractivity contribution is 7.99. The van der Waals surface area contributed by atoms with Gasteiger partial charge in [-0.3, -0.25) is 14.3 Å². The summed E-state index contributed by atoms with van der Waals surface area (Å²) in [6.45, 7) is 4.25. The van der Waals surface area contributed by atoms with Gasteiger partial charge in [0.2, 0.25) is 5.91 Å². The predicted molar refractivity (Wildman–Crippen MR) is 142 cm³/mol. The molecule has 0 spiro atoms. The summed E-state index contributed by atoms with van der Waals surface area (Å²) in [7, 11) is 0. The molecule has 5 aromatic rings. The second kappa shape index (κ2) is 10.2. The van der Waals surface area contributed by atoms with Crippen LogP contribution >= 0.6 is 11.8 Å². The molecule has 3 N–H and O–H groups in total. The van der Waals surface area contributed by atoms with Crippen molar-refractivity contribution < 1.29 is 4.79 Å². The summed E-state index contributed by atoms with van der Waals surface area (Å²) in [6.07, 6.45) is 5.19. The third-order valence-corrected chi connectivity index (χ3v) is 6.80. The number of imidazole rings is 1. The van der Waals surface area contributed by atoms with E-state index in [1.54, 1.807) is 30.6 Å². The van der Waals surface area contributed by atoms with Crippen molar-refractivity contribution in [2.45, 2.75) is 31.8 Å². The molecule has 0 bridgehead atoms. The number of nitrogens with one attached hydrogen (secondary N) is 3. The van der Waals surface area contributed by atoms with E-state index in [-0.39, 0.29) is 17.3 Å². The lowest BCUT2D eigenvalue weighted by molar-refractivity contribution is -0.113. The second-order valence-electron chi connectivity index (χ2n) is 8.19. The highest BCUT2D eigenvalue weighted by atomic mass is 32.2. The number of fused-ring (bicyclic) bond motifs is 1. The van der Waals surface area contributed by atoms with Crippen LogP contribution in [-0.4, -0.2) is 41.4 Å². The van der Waals surface area contributed by atoms with E-state index in [0.29, 0.717) is 27.7 Å². The molecule has 0 radical (unpaired) electrons. The number of thioether (sulfide) groups is 1. The molecule has 3 heterocycles. The predicted octanol–water partition coefficient (Wildman–Crippen LogP) is 4.35. The molecular weight excluding hydrogens is 474 g/mol. The van der Waals surface area contributed by atoms with Crippen molar-refractivity contribution in [3.8, 4) is 17.1 Å². The zero-order valence-corrected chi connectivity index (χ0v) is 20.7. The first-order valence-electron chi connectivity index (χ1n) is 11.7.